The lowest BCUT2D eigenvalue weighted by atomic mass is 10.0. The number of sulfone groups is 1. The van der Waals surface area contributed by atoms with Crippen molar-refractivity contribution in [3.8, 4) is 0 Å². The molecule has 1 heterocycles. The normalized spacial score (nSPS) is 23.6. The Labute approximate surface area is 80.8 Å². The van der Waals surface area contributed by atoms with Gasteiger partial charge in [-0.25, -0.2) is 8.42 Å². The summed E-state index contributed by atoms with van der Waals surface area (Å²) >= 11 is 0. The molecule has 1 fully saturated rings. The van der Waals surface area contributed by atoms with Crippen molar-refractivity contribution in [3.63, 3.8) is 0 Å². The molecule has 0 aromatic rings. The maximum absolute atomic E-state index is 11.1. The van der Waals surface area contributed by atoms with Gasteiger partial charge in [0.2, 0.25) is 0 Å². The summed E-state index contributed by atoms with van der Waals surface area (Å²) in [6.45, 7) is 5.19. The Bertz CT molecular complexity index is 232. The van der Waals surface area contributed by atoms with Gasteiger partial charge in [0, 0.05) is 6.04 Å². The molecule has 1 saturated heterocycles. The quantitative estimate of drug-likeness (QED) is 0.741. The van der Waals surface area contributed by atoms with E-state index in [0.29, 0.717) is 23.5 Å². The standard InChI is InChI=1S/C9H19NO2S/c1-8(2)10-7-9-3-5-13(11,12)6-4-9/h8-10H,3-7H2,1-2H3. The van der Waals surface area contributed by atoms with Gasteiger partial charge < -0.3 is 5.32 Å². The van der Waals surface area contributed by atoms with Crippen molar-refractivity contribution < 1.29 is 8.42 Å². The number of hydrogen-bond donors (Lipinski definition) is 1. The Morgan fingerprint density at radius 3 is 2.31 bits per heavy atom. The fraction of sp³-hybridized carbons (Fsp3) is 1.00. The molecule has 1 rings (SSSR count). The van der Waals surface area contributed by atoms with Crippen LogP contribution in [0.1, 0.15) is 26.7 Å². The molecule has 0 amide bonds. The van der Waals surface area contributed by atoms with Crippen LogP contribution in [-0.4, -0.2) is 32.5 Å². The Kier molecular flexibility index (Phi) is 3.74. The number of rotatable bonds is 3. The first kappa shape index (κ1) is 11.0. The molecule has 0 aromatic carbocycles. The maximum atomic E-state index is 11.1. The van der Waals surface area contributed by atoms with E-state index in [4.69, 9.17) is 0 Å². The molecule has 0 unspecified atom stereocenters. The molecule has 1 N–H and O–H groups in total. The molecule has 0 bridgehead atoms. The number of nitrogens with one attached hydrogen (secondary N) is 1. The van der Waals surface area contributed by atoms with Gasteiger partial charge in [0.25, 0.3) is 0 Å². The third-order valence-electron chi connectivity index (χ3n) is 2.49. The first-order valence-electron chi connectivity index (χ1n) is 4.93. The second-order valence-corrected chi connectivity index (χ2v) is 6.46. The zero-order valence-corrected chi connectivity index (χ0v) is 9.23. The predicted octanol–water partition coefficient (Wildman–Crippen LogP) is 0.809. The summed E-state index contributed by atoms with van der Waals surface area (Å²) in [5.41, 5.74) is 0. The molecule has 4 heteroatoms. The monoisotopic (exact) mass is 205 g/mol. The van der Waals surface area contributed by atoms with Gasteiger partial charge in [-0.3, -0.25) is 0 Å². The van der Waals surface area contributed by atoms with Crippen molar-refractivity contribution in [1.29, 1.82) is 0 Å². The van der Waals surface area contributed by atoms with E-state index in [1.165, 1.54) is 0 Å². The van der Waals surface area contributed by atoms with Crippen LogP contribution in [0.3, 0.4) is 0 Å². The third-order valence-corrected chi connectivity index (χ3v) is 4.20. The van der Waals surface area contributed by atoms with E-state index in [2.05, 4.69) is 19.2 Å². The molecule has 0 spiro atoms. The highest BCUT2D eigenvalue weighted by Gasteiger charge is 2.23. The highest BCUT2D eigenvalue weighted by Crippen LogP contribution is 2.17. The van der Waals surface area contributed by atoms with E-state index >= 15 is 0 Å². The number of hydrogen-bond acceptors (Lipinski definition) is 3. The van der Waals surface area contributed by atoms with Gasteiger partial charge in [0.05, 0.1) is 11.5 Å². The highest BCUT2D eigenvalue weighted by atomic mass is 32.2. The largest absolute Gasteiger partial charge is 0.314 e. The summed E-state index contributed by atoms with van der Waals surface area (Å²) in [5, 5.41) is 3.35. The van der Waals surface area contributed by atoms with Crippen LogP contribution in [0.4, 0.5) is 0 Å². The van der Waals surface area contributed by atoms with E-state index in [9.17, 15) is 8.42 Å². The van der Waals surface area contributed by atoms with Gasteiger partial charge in [-0.1, -0.05) is 13.8 Å². The molecule has 3 nitrogen and oxygen atoms in total. The molecule has 0 aliphatic carbocycles. The Balaban J connectivity index is 2.26. The van der Waals surface area contributed by atoms with Crippen molar-refractivity contribution in [1.82, 2.24) is 5.32 Å². The fourth-order valence-corrected chi connectivity index (χ4v) is 3.13. The molecule has 1 aliphatic heterocycles. The molecular formula is C9H19NO2S. The van der Waals surface area contributed by atoms with Gasteiger partial charge in [-0.2, -0.15) is 0 Å². The topological polar surface area (TPSA) is 46.2 Å². The van der Waals surface area contributed by atoms with Gasteiger partial charge in [-0.05, 0) is 25.3 Å². The van der Waals surface area contributed by atoms with Crippen LogP contribution in [-0.2, 0) is 9.84 Å². The minimum atomic E-state index is -2.68. The molecule has 0 atom stereocenters. The van der Waals surface area contributed by atoms with E-state index in [0.717, 1.165) is 19.4 Å². The van der Waals surface area contributed by atoms with Crippen molar-refractivity contribution >= 4 is 9.84 Å². The summed E-state index contributed by atoms with van der Waals surface area (Å²) in [4.78, 5) is 0. The van der Waals surface area contributed by atoms with Crippen LogP contribution in [0, 0.1) is 5.92 Å². The van der Waals surface area contributed by atoms with E-state index in [-0.39, 0.29) is 0 Å². The Morgan fingerprint density at radius 2 is 1.85 bits per heavy atom. The molecule has 0 radical (unpaired) electrons. The summed E-state index contributed by atoms with van der Waals surface area (Å²) in [6.07, 6.45) is 1.67. The molecule has 0 aromatic heterocycles. The SMILES string of the molecule is CC(C)NCC1CCS(=O)(=O)CC1. The highest BCUT2D eigenvalue weighted by molar-refractivity contribution is 7.91. The van der Waals surface area contributed by atoms with Gasteiger partial charge in [0.15, 0.2) is 0 Å². The van der Waals surface area contributed by atoms with E-state index < -0.39 is 9.84 Å². The van der Waals surface area contributed by atoms with Crippen molar-refractivity contribution in [3.05, 3.63) is 0 Å². The second kappa shape index (κ2) is 4.42. The predicted molar refractivity (Wildman–Crippen MR) is 54.5 cm³/mol. The van der Waals surface area contributed by atoms with Crippen LogP contribution in [0.2, 0.25) is 0 Å². The Hall–Kier alpha value is -0.0900. The molecule has 1 aliphatic rings. The minimum Gasteiger partial charge on any atom is -0.314 e. The van der Waals surface area contributed by atoms with Crippen LogP contribution in [0.5, 0.6) is 0 Å². The van der Waals surface area contributed by atoms with Gasteiger partial charge in [-0.15, -0.1) is 0 Å². The lowest BCUT2D eigenvalue weighted by molar-refractivity contribution is 0.414. The molecule has 78 valence electrons. The maximum Gasteiger partial charge on any atom is 0.150 e. The smallest absolute Gasteiger partial charge is 0.150 e. The lowest BCUT2D eigenvalue weighted by Gasteiger charge is -2.23. The van der Waals surface area contributed by atoms with Crippen LogP contribution in [0.15, 0.2) is 0 Å². The lowest BCUT2D eigenvalue weighted by Crippen LogP contribution is -2.33. The van der Waals surface area contributed by atoms with Crippen LogP contribution in [0.25, 0.3) is 0 Å². The molecular weight excluding hydrogens is 186 g/mol. The van der Waals surface area contributed by atoms with Crippen molar-refractivity contribution in [2.45, 2.75) is 32.7 Å². The average Bonchev–Trinajstić information content (AvgIpc) is 2.02. The van der Waals surface area contributed by atoms with Crippen LogP contribution >= 0.6 is 0 Å². The fourth-order valence-electron chi connectivity index (χ4n) is 1.55. The summed E-state index contributed by atoms with van der Waals surface area (Å²) in [7, 11) is -2.68. The van der Waals surface area contributed by atoms with E-state index in [1.54, 1.807) is 0 Å². The third kappa shape index (κ3) is 4.09. The Morgan fingerprint density at radius 1 is 1.31 bits per heavy atom. The van der Waals surface area contributed by atoms with Crippen molar-refractivity contribution in [2.75, 3.05) is 18.1 Å². The van der Waals surface area contributed by atoms with Crippen LogP contribution < -0.4 is 5.32 Å². The zero-order chi connectivity index (χ0) is 9.90. The summed E-state index contributed by atoms with van der Waals surface area (Å²) in [5.74, 6) is 1.33. The van der Waals surface area contributed by atoms with Gasteiger partial charge >= 0.3 is 0 Å². The molecule has 0 saturated carbocycles. The first-order chi connectivity index (χ1) is 5.99. The summed E-state index contributed by atoms with van der Waals surface area (Å²) in [6, 6.07) is 0.499. The van der Waals surface area contributed by atoms with E-state index in [1.807, 2.05) is 0 Å². The minimum absolute atomic E-state index is 0.386. The zero-order valence-electron chi connectivity index (χ0n) is 8.41. The summed E-state index contributed by atoms with van der Waals surface area (Å²) < 4.78 is 22.2. The average molecular weight is 205 g/mol. The molecule has 13 heavy (non-hydrogen) atoms. The van der Waals surface area contributed by atoms with Crippen molar-refractivity contribution in [2.24, 2.45) is 5.92 Å². The first-order valence-corrected chi connectivity index (χ1v) is 6.75. The van der Waals surface area contributed by atoms with Gasteiger partial charge in [0.1, 0.15) is 9.84 Å². The second-order valence-electron chi connectivity index (χ2n) is 4.16.